The van der Waals surface area contributed by atoms with Gasteiger partial charge in [-0.1, -0.05) is 31.5 Å². The third-order valence-corrected chi connectivity index (χ3v) is 3.66. The first-order chi connectivity index (χ1) is 8.90. The van der Waals surface area contributed by atoms with Gasteiger partial charge in [-0.3, -0.25) is 4.68 Å². The van der Waals surface area contributed by atoms with Crippen LogP contribution in [0.25, 0.3) is 11.3 Å². The Bertz CT molecular complexity index is 600. The van der Waals surface area contributed by atoms with Crippen molar-refractivity contribution in [1.82, 2.24) is 9.78 Å². The van der Waals surface area contributed by atoms with Gasteiger partial charge in [0, 0.05) is 23.2 Å². The number of benzene rings is 1. The number of nitrogens with two attached hydrogens (primary N) is 1. The van der Waals surface area contributed by atoms with Gasteiger partial charge in [0.25, 0.3) is 0 Å². The normalized spacial score (nSPS) is 11.3. The van der Waals surface area contributed by atoms with Gasteiger partial charge in [0.05, 0.1) is 5.69 Å². The molecule has 1 aromatic carbocycles. The Labute approximate surface area is 119 Å². The maximum Gasteiger partial charge on any atom is 0.125 e. The molecule has 4 heteroatoms. The second-order valence-electron chi connectivity index (χ2n) is 5.40. The molecule has 2 rings (SSSR count). The van der Waals surface area contributed by atoms with Gasteiger partial charge in [-0.2, -0.15) is 5.10 Å². The van der Waals surface area contributed by atoms with Gasteiger partial charge in [-0.25, -0.2) is 0 Å². The monoisotopic (exact) mass is 277 g/mol. The predicted octanol–water partition coefficient (Wildman–Crippen LogP) is 3.83. The van der Waals surface area contributed by atoms with E-state index in [1.165, 1.54) is 0 Å². The Morgan fingerprint density at radius 3 is 2.63 bits per heavy atom. The summed E-state index contributed by atoms with van der Waals surface area (Å²) < 4.78 is 1.75. The van der Waals surface area contributed by atoms with Gasteiger partial charge < -0.3 is 5.73 Å². The first kappa shape index (κ1) is 13.9. The maximum atomic E-state index is 6.13. The van der Waals surface area contributed by atoms with Crippen molar-refractivity contribution in [2.45, 2.75) is 27.2 Å². The van der Waals surface area contributed by atoms with Crippen LogP contribution in [0.4, 0.5) is 5.82 Å². The molecule has 1 heterocycles. The molecule has 102 valence electrons. The number of rotatable bonds is 3. The molecule has 0 bridgehead atoms. The molecule has 0 aliphatic heterocycles. The summed E-state index contributed by atoms with van der Waals surface area (Å²) in [4.78, 5) is 0. The summed E-state index contributed by atoms with van der Waals surface area (Å²) in [5.74, 6) is 1.29. The molecule has 0 saturated carbocycles. The lowest BCUT2D eigenvalue weighted by molar-refractivity contribution is 0.648. The number of aryl methyl sites for hydroxylation is 2. The van der Waals surface area contributed by atoms with Crippen molar-refractivity contribution in [2.75, 3.05) is 5.73 Å². The number of anilines is 1. The fourth-order valence-corrected chi connectivity index (χ4v) is 2.33. The Hall–Kier alpha value is -1.48. The number of halogens is 1. The van der Waals surface area contributed by atoms with E-state index in [0.29, 0.717) is 5.92 Å². The fourth-order valence-electron chi connectivity index (χ4n) is 2.21. The van der Waals surface area contributed by atoms with Crippen LogP contribution in [0.1, 0.15) is 25.0 Å². The van der Waals surface area contributed by atoms with Crippen molar-refractivity contribution < 1.29 is 0 Å². The molecular formula is C15H20ClN3. The van der Waals surface area contributed by atoms with Crippen molar-refractivity contribution in [3.05, 3.63) is 34.3 Å². The number of nitrogen functional groups attached to an aromatic ring is 1. The van der Waals surface area contributed by atoms with E-state index in [0.717, 1.165) is 39.6 Å². The molecule has 19 heavy (non-hydrogen) atoms. The highest BCUT2D eigenvalue weighted by Crippen LogP contribution is 2.31. The van der Waals surface area contributed by atoms with Crippen molar-refractivity contribution in [2.24, 2.45) is 13.0 Å². The zero-order valence-corrected chi connectivity index (χ0v) is 12.6. The Morgan fingerprint density at radius 2 is 2.05 bits per heavy atom. The van der Waals surface area contributed by atoms with E-state index in [9.17, 15) is 0 Å². The molecule has 0 saturated heterocycles. The van der Waals surface area contributed by atoms with Gasteiger partial charge in [0.2, 0.25) is 0 Å². The first-order valence-electron chi connectivity index (χ1n) is 6.48. The van der Waals surface area contributed by atoms with Crippen LogP contribution in [-0.4, -0.2) is 9.78 Å². The lowest BCUT2D eigenvalue weighted by Gasteiger charge is -2.08. The van der Waals surface area contributed by atoms with E-state index in [1.54, 1.807) is 4.68 Å². The zero-order valence-electron chi connectivity index (χ0n) is 11.9. The molecule has 0 radical (unpaired) electrons. The number of hydrogen-bond acceptors (Lipinski definition) is 2. The summed E-state index contributed by atoms with van der Waals surface area (Å²) in [6.07, 6.45) is 0.927. The standard InChI is InChI=1S/C15H20ClN3/c1-9(2)7-12-14(18-19(4)15(12)17)11-5-6-13(16)10(3)8-11/h5-6,8-9H,7,17H2,1-4H3. The van der Waals surface area contributed by atoms with Gasteiger partial charge in [-0.15, -0.1) is 0 Å². The largest absolute Gasteiger partial charge is 0.384 e. The fraction of sp³-hybridized carbons (Fsp3) is 0.400. The minimum Gasteiger partial charge on any atom is -0.384 e. The zero-order chi connectivity index (χ0) is 14.2. The Kier molecular flexibility index (Phi) is 3.85. The molecule has 2 N–H and O–H groups in total. The highest BCUT2D eigenvalue weighted by molar-refractivity contribution is 6.31. The second-order valence-corrected chi connectivity index (χ2v) is 5.81. The Balaban J connectivity index is 2.54. The van der Waals surface area contributed by atoms with Crippen LogP contribution in [0.15, 0.2) is 18.2 Å². The highest BCUT2D eigenvalue weighted by Gasteiger charge is 2.16. The lowest BCUT2D eigenvalue weighted by atomic mass is 9.98. The van der Waals surface area contributed by atoms with Crippen LogP contribution in [0.5, 0.6) is 0 Å². The van der Waals surface area contributed by atoms with Crippen LogP contribution in [-0.2, 0) is 13.5 Å². The minimum absolute atomic E-state index is 0.540. The van der Waals surface area contributed by atoms with Crippen molar-refractivity contribution in [1.29, 1.82) is 0 Å². The average Bonchev–Trinajstić information content (AvgIpc) is 2.60. The first-order valence-corrected chi connectivity index (χ1v) is 6.85. The summed E-state index contributed by atoms with van der Waals surface area (Å²) in [6, 6.07) is 5.98. The van der Waals surface area contributed by atoms with Crippen molar-refractivity contribution >= 4 is 17.4 Å². The molecule has 0 atom stereocenters. The third-order valence-electron chi connectivity index (χ3n) is 3.24. The summed E-state index contributed by atoms with van der Waals surface area (Å²) in [5, 5.41) is 5.33. The lowest BCUT2D eigenvalue weighted by Crippen LogP contribution is -2.02. The van der Waals surface area contributed by atoms with Crippen LogP contribution in [0.3, 0.4) is 0 Å². The summed E-state index contributed by atoms with van der Waals surface area (Å²) in [7, 11) is 1.88. The summed E-state index contributed by atoms with van der Waals surface area (Å²) in [6.45, 7) is 6.37. The van der Waals surface area contributed by atoms with Crippen molar-refractivity contribution in [3.63, 3.8) is 0 Å². The second kappa shape index (κ2) is 5.25. The maximum absolute atomic E-state index is 6.13. The molecule has 0 aliphatic carbocycles. The van der Waals surface area contributed by atoms with Crippen LogP contribution >= 0.6 is 11.6 Å². The van der Waals surface area contributed by atoms with E-state index < -0.39 is 0 Å². The highest BCUT2D eigenvalue weighted by atomic mass is 35.5. The third kappa shape index (κ3) is 2.76. The number of nitrogens with zero attached hydrogens (tertiary/aromatic N) is 2. The molecule has 0 fully saturated rings. The smallest absolute Gasteiger partial charge is 0.125 e. The molecule has 0 spiro atoms. The van der Waals surface area contributed by atoms with E-state index >= 15 is 0 Å². The minimum atomic E-state index is 0.540. The average molecular weight is 278 g/mol. The van der Waals surface area contributed by atoms with Gasteiger partial charge in [0.15, 0.2) is 0 Å². The van der Waals surface area contributed by atoms with Gasteiger partial charge in [-0.05, 0) is 37.0 Å². The number of aromatic nitrogens is 2. The van der Waals surface area contributed by atoms with Crippen molar-refractivity contribution in [3.8, 4) is 11.3 Å². The van der Waals surface area contributed by atoms with Crippen LogP contribution in [0.2, 0.25) is 5.02 Å². The van der Waals surface area contributed by atoms with E-state index in [1.807, 2.05) is 26.1 Å². The SMILES string of the molecule is Cc1cc(-c2nn(C)c(N)c2CC(C)C)ccc1Cl. The molecule has 3 nitrogen and oxygen atoms in total. The van der Waals surface area contributed by atoms with Gasteiger partial charge in [0.1, 0.15) is 5.82 Å². The quantitative estimate of drug-likeness (QED) is 0.927. The van der Waals surface area contributed by atoms with E-state index in [-0.39, 0.29) is 0 Å². The Morgan fingerprint density at radius 1 is 1.37 bits per heavy atom. The van der Waals surface area contributed by atoms with E-state index in [2.05, 4.69) is 25.0 Å². The summed E-state index contributed by atoms with van der Waals surface area (Å²) >= 11 is 6.08. The molecule has 2 aromatic rings. The molecule has 0 amide bonds. The predicted molar refractivity (Wildman–Crippen MR) is 81.3 cm³/mol. The van der Waals surface area contributed by atoms with E-state index in [4.69, 9.17) is 17.3 Å². The molecular weight excluding hydrogens is 258 g/mol. The van der Waals surface area contributed by atoms with Gasteiger partial charge >= 0.3 is 0 Å². The molecule has 1 aromatic heterocycles. The molecule has 0 aliphatic rings. The molecule has 0 unspecified atom stereocenters. The number of hydrogen-bond donors (Lipinski definition) is 1. The topological polar surface area (TPSA) is 43.8 Å². The van der Waals surface area contributed by atoms with Crippen LogP contribution in [0, 0.1) is 12.8 Å². The van der Waals surface area contributed by atoms with Crippen LogP contribution < -0.4 is 5.73 Å². The summed E-state index contributed by atoms with van der Waals surface area (Å²) in [5.41, 5.74) is 10.4.